The number of Topliss-reactive ketones (excluding diaryl/α,β-unsaturated/α-hetero) is 1. The molecule has 2 aliphatic heterocycles. The van der Waals surface area contributed by atoms with Crippen molar-refractivity contribution in [1.29, 1.82) is 0 Å². The molecular weight excluding hydrogens is 222 g/mol. The molecule has 1 fully saturated rings. The zero-order valence-corrected chi connectivity index (χ0v) is 8.92. The summed E-state index contributed by atoms with van der Waals surface area (Å²) in [6.45, 7) is 0.659. The van der Waals surface area contributed by atoms with Gasteiger partial charge in [0.25, 0.3) is 0 Å². The molecule has 3 unspecified atom stereocenters. The zero-order chi connectivity index (χ0) is 12.0. The summed E-state index contributed by atoms with van der Waals surface area (Å²) in [6.07, 6.45) is 3.94. The number of aldehydes is 1. The molecule has 5 nitrogen and oxygen atoms in total. The summed E-state index contributed by atoms with van der Waals surface area (Å²) in [4.78, 5) is 22.4. The monoisotopic (exact) mass is 233 g/mol. The van der Waals surface area contributed by atoms with Crippen molar-refractivity contribution in [3.8, 4) is 0 Å². The number of rotatable bonds is 1. The molecular formula is C12H11NO4. The highest BCUT2D eigenvalue weighted by Crippen LogP contribution is 2.41. The SMILES string of the molecule is O=CC1=CC2OC3=CCNC=C3C2C(O)C1=O. The molecule has 88 valence electrons. The van der Waals surface area contributed by atoms with Gasteiger partial charge in [-0.3, -0.25) is 9.59 Å². The van der Waals surface area contributed by atoms with Crippen molar-refractivity contribution in [1.82, 2.24) is 5.32 Å². The van der Waals surface area contributed by atoms with E-state index in [0.717, 1.165) is 5.57 Å². The van der Waals surface area contributed by atoms with Crippen molar-refractivity contribution in [2.24, 2.45) is 5.92 Å². The largest absolute Gasteiger partial charge is 0.485 e. The fourth-order valence-electron chi connectivity index (χ4n) is 2.46. The first-order valence-electron chi connectivity index (χ1n) is 5.42. The van der Waals surface area contributed by atoms with Gasteiger partial charge in [-0.2, -0.15) is 0 Å². The van der Waals surface area contributed by atoms with Gasteiger partial charge in [-0.1, -0.05) is 0 Å². The van der Waals surface area contributed by atoms with Crippen molar-refractivity contribution in [3.05, 3.63) is 35.3 Å². The summed E-state index contributed by atoms with van der Waals surface area (Å²) in [5.41, 5.74) is 0.787. The van der Waals surface area contributed by atoms with E-state index in [1.165, 1.54) is 6.08 Å². The van der Waals surface area contributed by atoms with Crippen LogP contribution in [0.25, 0.3) is 0 Å². The van der Waals surface area contributed by atoms with Crippen molar-refractivity contribution < 1.29 is 19.4 Å². The Morgan fingerprint density at radius 1 is 1.53 bits per heavy atom. The van der Waals surface area contributed by atoms with E-state index in [1.54, 1.807) is 6.20 Å². The normalized spacial score (nSPS) is 34.5. The van der Waals surface area contributed by atoms with Gasteiger partial charge in [-0.15, -0.1) is 0 Å². The fraction of sp³-hybridized carbons (Fsp3) is 0.333. The lowest BCUT2D eigenvalue weighted by molar-refractivity contribution is -0.128. The molecule has 3 aliphatic rings. The molecule has 0 amide bonds. The van der Waals surface area contributed by atoms with E-state index in [2.05, 4.69) is 5.32 Å². The maximum Gasteiger partial charge on any atom is 0.195 e. The number of aliphatic hydroxyl groups is 1. The first-order chi connectivity index (χ1) is 8.22. The number of fused-ring (bicyclic) bond motifs is 3. The number of nitrogens with one attached hydrogen (secondary N) is 1. The summed E-state index contributed by atoms with van der Waals surface area (Å²) in [6, 6.07) is 0. The summed E-state index contributed by atoms with van der Waals surface area (Å²) in [5.74, 6) is -0.253. The lowest BCUT2D eigenvalue weighted by Crippen LogP contribution is -2.40. The minimum absolute atomic E-state index is 0.00782. The number of allylic oxidation sites excluding steroid dienone is 1. The molecule has 0 bridgehead atoms. The molecule has 5 heteroatoms. The van der Waals surface area contributed by atoms with Gasteiger partial charge in [0, 0.05) is 18.3 Å². The fourth-order valence-corrected chi connectivity index (χ4v) is 2.46. The first kappa shape index (κ1) is 10.3. The van der Waals surface area contributed by atoms with E-state index in [1.807, 2.05) is 6.08 Å². The number of carbonyl (C=O) groups excluding carboxylic acids is 2. The van der Waals surface area contributed by atoms with Crippen LogP contribution >= 0.6 is 0 Å². The topological polar surface area (TPSA) is 75.6 Å². The molecule has 0 aromatic rings. The van der Waals surface area contributed by atoms with Crippen LogP contribution in [0.1, 0.15) is 0 Å². The summed E-state index contributed by atoms with van der Waals surface area (Å²) in [5, 5.41) is 13.0. The van der Waals surface area contributed by atoms with E-state index in [-0.39, 0.29) is 5.57 Å². The maximum absolute atomic E-state index is 11.7. The molecule has 1 saturated heterocycles. The van der Waals surface area contributed by atoms with Crippen LogP contribution in [-0.2, 0) is 14.3 Å². The Kier molecular flexibility index (Phi) is 2.16. The molecule has 3 atom stereocenters. The van der Waals surface area contributed by atoms with Crippen molar-refractivity contribution in [2.45, 2.75) is 12.2 Å². The average Bonchev–Trinajstić information content (AvgIpc) is 2.72. The minimum atomic E-state index is -1.21. The van der Waals surface area contributed by atoms with Crippen LogP contribution < -0.4 is 5.32 Å². The minimum Gasteiger partial charge on any atom is -0.485 e. The predicted molar refractivity (Wildman–Crippen MR) is 57.7 cm³/mol. The average molecular weight is 233 g/mol. The van der Waals surface area contributed by atoms with Gasteiger partial charge in [-0.25, -0.2) is 0 Å². The predicted octanol–water partition coefficient (Wildman–Crippen LogP) is -0.559. The van der Waals surface area contributed by atoms with E-state index in [0.29, 0.717) is 18.6 Å². The Morgan fingerprint density at radius 3 is 3.12 bits per heavy atom. The Labute approximate surface area is 97.4 Å². The molecule has 0 aromatic carbocycles. The van der Waals surface area contributed by atoms with Crippen LogP contribution in [0, 0.1) is 5.92 Å². The second-order valence-electron chi connectivity index (χ2n) is 4.23. The Balaban J connectivity index is 2.06. The van der Waals surface area contributed by atoms with E-state index in [9.17, 15) is 14.7 Å². The van der Waals surface area contributed by atoms with Crippen LogP contribution in [0.5, 0.6) is 0 Å². The molecule has 17 heavy (non-hydrogen) atoms. The molecule has 2 heterocycles. The van der Waals surface area contributed by atoms with Gasteiger partial charge in [0.15, 0.2) is 12.1 Å². The number of ketones is 1. The third kappa shape index (κ3) is 1.36. The second kappa shape index (κ2) is 3.56. The molecule has 0 radical (unpaired) electrons. The van der Waals surface area contributed by atoms with Gasteiger partial charge < -0.3 is 15.2 Å². The Bertz CT molecular complexity index is 489. The Hall–Kier alpha value is -1.88. The number of aliphatic hydroxyl groups excluding tert-OH is 1. The highest BCUT2D eigenvalue weighted by Gasteiger charge is 2.47. The third-order valence-electron chi connectivity index (χ3n) is 3.29. The number of carbonyl (C=O) groups is 2. The molecule has 1 aliphatic carbocycles. The quantitative estimate of drug-likeness (QED) is 0.469. The number of hydrogen-bond acceptors (Lipinski definition) is 5. The van der Waals surface area contributed by atoms with Crippen LogP contribution in [0.4, 0.5) is 0 Å². The molecule has 0 spiro atoms. The van der Waals surface area contributed by atoms with Crippen LogP contribution in [0.15, 0.2) is 35.3 Å². The molecule has 2 N–H and O–H groups in total. The molecule has 3 rings (SSSR count). The maximum atomic E-state index is 11.7. The van der Waals surface area contributed by atoms with Crippen LogP contribution in [0.3, 0.4) is 0 Å². The smallest absolute Gasteiger partial charge is 0.195 e. The van der Waals surface area contributed by atoms with Gasteiger partial charge in [0.2, 0.25) is 0 Å². The van der Waals surface area contributed by atoms with Crippen LogP contribution in [0.2, 0.25) is 0 Å². The van der Waals surface area contributed by atoms with Gasteiger partial charge >= 0.3 is 0 Å². The lowest BCUT2D eigenvalue weighted by Gasteiger charge is -2.25. The summed E-state index contributed by atoms with van der Waals surface area (Å²) >= 11 is 0. The summed E-state index contributed by atoms with van der Waals surface area (Å²) < 4.78 is 5.63. The molecule has 0 saturated carbocycles. The van der Waals surface area contributed by atoms with Crippen molar-refractivity contribution in [2.75, 3.05) is 6.54 Å². The van der Waals surface area contributed by atoms with Crippen LogP contribution in [-0.4, -0.2) is 35.9 Å². The van der Waals surface area contributed by atoms with E-state index < -0.39 is 23.9 Å². The van der Waals surface area contributed by atoms with Gasteiger partial charge in [-0.05, 0) is 12.2 Å². The first-order valence-corrected chi connectivity index (χ1v) is 5.42. The van der Waals surface area contributed by atoms with E-state index >= 15 is 0 Å². The number of ether oxygens (including phenoxy) is 1. The standard InChI is InChI=1S/C12H11NO4/c14-5-6-3-9-10(12(16)11(6)15)7-4-13-2-1-8(7)17-9/h1,3-5,9-10,12-13,16H,2H2. The number of dihydropyridines is 1. The van der Waals surface area contributed by atoms with Crippen molar-refractivity contribution >= 4 is 12.1 Å². The van der Waals surface area contributed by atoms with Crippen molar-refractivity contribution in [3.63, 3.8) is 0 Å². The molecule has 0 aromatic heterocycles. The van der Waals surface area contributed by atoms with E-state index in [4.69, 9.17) is 4.74 Å². The van der Waals surface area contributed by atoms with Gasteiger partial charge in [0.1, 0.15) is 18.0 Å². The highest BCUT2D eigenvalue weighted by molar-refractivity contribution is 6.14. The highest BCUT2D eigenvalue weighted by atomic mass is 16.5. The Morgan fingerprint density at radius 2 is 2.35 bits per heavy atom. The lowest BCUT2D eigenvalue weighted by atomic mass is 9.80. The third-order valence-corrected chi connectivity index (χ3v) is 3.29. The van der Waals surface area contributed by atoms with Gasteiger partial charge in [0.05, 0.1) is 11.5 Å². The second-order valence-corrected chi connectivity index (χ2v) is 4.23. The zero-order valence-electron chi connectivity index (χ0n) is 8.92. The summed E-state index contributed by atoms with van der Waals surface area (Å²) in [7, 11) is 0. The number of hydrogen-bond donors (Lipinski definition) is 2.